The Bertz CT molecular complexity index is 674. The number of halogens is 1. The van der Waals surface area contributed by atoms with Gasteiger partial charge in [-0.3, -0.25) is 0 Å². The first-order valence-corrected chi connectivity index (χ1v) is 10.9. The Morgan fingerprint density at radius 1 is 1.16 bits per heavy atom. The number of aldehydes is 1. The maximum Gasteiger partial charge on any atom is 0.122 e. The largest absolute Gasteiger partial charge is 0.393 e. The third kappa shape index (κ3) is 11.2. The first-order valence-electron chi connectivity index (χ1n) is 10.9. The minimum Gasteiger partial charge on any atom is -0.393 e. The zero-order valence-electron chi connectivity index (χ0n) is 19.9. The molecular formula is C25H41FN2O3. The summed E-state index contributed by atoms with van der Waals surface area (Å²) in [7, 11) is 1.88. The van der Waals surface area contributed by atoms with Crippen LogP contribution in [0.15, 0.2) is 59.4 Å². The predicted molar refractivity (Wildman–Crippen MR) is 127 cm³/mol. The van der Waals surface area contributed by atoms with Crippen molar-refractivity contribution in [2.45, 2.75) is 78.4 Å². The van der Waals surface area contributed by atoms with Crippen LogP contribution in [-0.2, 0) is 4.79 Å². The van der Waals surface area contributed by atoms with Gasteiger partial charge in [0.1, 0.15) is 12.5 Å². The molecular weight excluding hydrogens is 395 g/mol. The van der Waals surface area contributed by atoms with E-state index >= 15 is 0 Å². The lowest BCUT2D eigenvalue weighted by Gasteiger charge is -2.26. The molecule has 0 aliphatic heterocycles. The summed E-state index contributed by atoms with van der Waals surface area (Å²) < 4.78 is 13.4. The van der Waals surface area contributed by atoms with E-state index in [4.69, 9.17) is 0 Å². The van der Waals surface area contributed by atoms with Crippen LogP contribution in [0.1, 0.15) is 53.9 Å². The van der Waals surface area contributed by atoms with Gasteiger partial charge in [0.05, 0.1) is 18.4 Å². The number of hydrogen-bond acceptors (Lipinski definition) is 5. The van der Waals surface area contributed by atoms with E-state index in [9.17, 15) is 19.4 Å². The van der Waals surface area contributed by atoms with Gasteiger partial charge < -0.3 is 25.6 Å². The molecule has 5 nitrogen and oxygen atoms in total. The minimum atomic E-state index is -1.08. The molecule has 0 saturated carbocycles. The lowest BCUT2D eigenvalue weighted by Crippen LogP contribution is -2.40. The smallest absolute Gasteiger partial charge is 0.122 e. The van der Waals surface area contributed by atoms with E-state index in [-0.39, 0.29) is 24.9 Å². The van der Waals surface area contributed by atoms with Gasteiger partial charge >= 0.3 is 0 Å². The Hall–Kier alpha value is -2.02. The number of aliphatic hydroxyl groups excluding tert-OH is 2. The van der Waals surface area contributed by atoms with Crippen molar-refractivity contribution < 1.29 is 19.4 Å². The molecule has 0 spiro atoms. The van der Waals surface area contributed by atoms with Crippen molar-refractivity contribution in [2.75, 3.05) is 7.05 Å². The fourth-order valence-electron chi connectivity index (χ4n) is 3.01. The van der Waals surface area contributed by atoms with Crippen LogP contribution < -0.4 is 10.6 Å². The molecule has 0 fully saturated rings. The van der Waals surface area contributed by atoms with Crippen LogP contribution in [0.25, 0.3) is 0 Å². The summed E-state index contributed by atoms with van der Waals surface area (Å²) in [5, 5.41) is 26.9. The van der Waals surface area contributed by atoms with Crippen molar-refractivity contribution in [3.8, 4) is 0 Å². The number of hydrogen-bond donors (Lipinski definition) is 4. The van der Waals surface area contributed by atoms with E-state index in [2.05, 4.69) is 38.0 Å². The quantitative estimate of drug-likeness (QED) is 0.176. The first-order chi connectivity index (χ1) is 14.6. The molecule has 4 N–H and O–H groups in total. The van der Waals surface area contributed by atoms with Crippen LogP contribution in [0.5, 0.6) is 0 Å². The third-order valence-electron chi connectivity index (χ3n) is 4.85. The zero-order chi connectivity index (χ0) is 24.0. The minimum absolute atomic E-state index is 0.0195. The molecule has 0 saturated heterocycles. The highest BCUT2D eigenvalue weighted by Gasteiger charge is 2.17. The number of aliphatic hydroxyl groups is 2. The van der Waals surface area contributed by atoms with Crippen molar-refractivity contribution in [1.29, 1.82) is 0 Å². The predicted octanol–water partition coefficient (Wildman–Crippen LogP) is 4.12. The van der Waals surface area contributed by atoms with Crippen molar-refractivity contribution in [1.82, 2.24) is 10.6 Å². The topological polar surface area (TPSA) is 81.6 Å². The Morgan fingerprint density at radius 2 is 1.81 bits per heavy atom. The van der Waals surface area contributed by atoms with Crippen molar-refractivity contribution in [2.24, 2.45) is 5.92 Å². The van der Waals surface area contributed by atoms with E-state index in [1.165, 1.54) is 13.0 Å². The summed E-state index contributed by atoms with van der Waals surface area (Å²) in [6, 6.07) is 0. The molecule has 6 heteroatoms. The maximum atomic E-state index is 13.4. The molecule has 0 aromatic carbocycles. The van der Waals surface area contributed by atoms with Crippen molar-refractivity contribution >= 4 is 6.29 Å². The highest BCUT2D eigenvalue weighted by atomic mass is 19.1. The van der Waals surface area contributed by atoms with Gasteiger partial charge in [0.15, 0.2) is 0 Å². The summed E-state index contributed by atoms with van der Waals surface area (Å²) in [6.45, 7) is 13.8. The molecule has 0 aliphatic rings. The van der Waals surface area contributed by atoms with Crippen molar-refractivity contribution in [3.63, 3.8) is 0 Å². The van der Waals surface area contributed by atoms with Gasteiger partial charge in [0.2, 0.25) is 0 Å². The number of allylic oxidation sites excluding steroid dienone is 8. The third-order valence-corrected chi connectivity index (χ3v) is 4.85. The van der Waals surface area contributed by atoms with Gasteiger partial charge in [-0.1, -0.05) is 57.7 Å². The van der Waals surface area contributed by atoms with Crippen molar-refractivity contribution in [3.05, 3.63) is 59.4 Å². The summed E-state index contributed by atoms with van der Waals surface area (Å²) in [4.78, 5) is 10.6. The van der Waals surface area contributed by atoms with Crippen LogP contribution in [0, 0.1) is 5.92 Å². The Morgan fingerprint density at radius 3 is 2.26 bits per heavy atom. The highest BCUT2D eigenvalue weighted by molar-refractivity contribution is 5.56. The van der Waals surface area contributed by atoms with E-state index in [0.29, 0.717) is 11.9 Å². The Labute approximate surface area is 187 Å². The van der Waals surface area contributed by atoms with Gasteiger partial charge in [-0.25, -0.2) is 4.39 Å². The molecule has 176 valence electrons. The molecule has 0 bridgehead atoms. The first kappa shape index (κ1) is 29.0. The molecule has 31 heavy (non-hydrogen) atoms. The molecule has 0 radical (unpaired) electrons. The fraction of sp³-hybridized carbons (Fsp3) is 0.560. The van der Waals surface area contributed by atoms with Crippen LogP contribution in [0.4, 0.5) is 4.39 Å². The summed E-state index contributed by atoms with van der Waals surface area (Å²) >= 11 is 0. The second-order valence-electron chi connectivity index (χ2n) is 7.85. The molecule has 0 heterocycles. The van der Waals surface area contributed by atoms with Gasteiger partial charge in [-0.05, 0) is 44.4 Å². The number of alkyl halides is 1. The Balaban J connectivity index is 6.22. The van der Waals surface area contributed by atoms with Crippen LogP contribution in [0.2, 0.25) is 0 Å². The molecule has 3 unspecified atom stereocenters. The number of rotatable bonds is 15. The second kappa shape index (κ2) is 15.7. The molecule has 0 aliphatic carbocycles. The summed E-state index contributed by atoms with van der Waals surface area (Å²) in [5.74, 6) is 0.124. The van der Waals surface area contributed by atoms with Crippen LogP contribution in [-0.4, -0.2) is 48.1 Å². The van der Waals surface area contributed by atoms with Crippen LogP contribution >= 0.6 is 0 Å². The standard InChI is InChI=1S/C25H41FN2O3/c1-8-20(11-10-18(5)26)19(6)23(13-12-21(30)16-22(31)14-15-29)25(17(3)4)28-24(9-2)27-7/h8,10-13,15,17-18,21-22,24,27-28,30-31H,6,9,14,16H2,1-5,7H3/b11-10-,13-12+,20-8+,25-23-/t18?,21-,22?,24?/m1/s1. The fourth-order valence-corrected chi connectivity index (χ4v) is 3.01. The summed E-state index contributed by atoms with van der Waals surface area (Å²) in [6.07, 6.45) is 7.08. The average Bonchev–Trinajstić information content (AvgIpc) is 2.70. The van der Waals surface area contributed by atoms with Gasteiger partial charge in [0.25, 0.3) is 0 Å². The molecule has 0 rings (SSSR count). The molecule has 0 aromatic rings. The maximum absolute atomic E-state index is 13.4. The van der Waals surface area contributed by atoms with Gasteiger partial charge in [0, 0.05) is 24.1 Å². The number of carbonyl (C=O) groups excluding carboxylic acids is 1. The highest BCUT2D eigenvalue weighted by Crippen LogP contribution is 2.27. The van der Waals surface area contributed by atoms with Crippen LogP contribution in [0.3, 0.4) is 0 Å². The second-order valence-corrected chi connectivity index (χ2v) is 7.85. The zero-order valence-corrected chi connectivity index (χ0v) is 19.9. The molecule has 4 atom stereocenters. The normalized spacial score (nSPS) is 17.5. The van der Waals surface area contributed by atoms with E-state index in [1.807, 2.05) is 20.0 Å². The number of carbonyl (C=O) groups is 1. The SMILES string of the molecule is C=C(C(/C=C/[C@@H](O)CC(O)CC=O)=C(\NC(CC)NC)C(C)C)C(/C=C\C(C)F)=C/C. The van der Waals surface area contributed by atoms with Gasteiger partial charge in [-0.15, -0.1) is 0 Å². The lowest BCUT2D eigenvalue weighted by molar-refractivity contribution is -0.109. The van der Waals surface area contributed by atoms with Gasteiger partial charge in [-0.2, -0.15) is 0 Å². The molecule has 0 aromatic heterocycles. The number of nitrogens with one attached hydrogen (secondary N) is 2. The lowest BCUT2D eigenvalue weighted by atomic mass is 9.91. The Kier molecular flexibility index (Phi) is 14.7. The monoisotopic (exact) mass is 436 g/mol. The average molecular weight is 437 g/mol. The van der Waals surface area contributed by atoms with E-state index in [1.54, 1.807) is 18.2 Å². The summed E-state index contributed by atoms with van der Waals surface area (Å²) in [5.41, 5.74) is 3.19. The van der Waals surface area contributed by atoms with E-state index < -0.39 is 18.4 Å². The van der Waals surface area contributed by atoms with E-state index in [0.717, 1.165) is 23.3 Å². The molecule has 0 amide bonds.